The van der Waals surface area contributed by atoms with Crippen LogP contribution in [0, 0.1) is 0 Å². The van der Waals surface area contributed by atoms with Gasteiger partial charge < -0.3 is 15.8 Å². The van der Waals surface area contributed by atoms with E-state index in [-0.39, 0.29) is 30.4 Å². The molecule has 0 aliphatic rings. The van der Waals surface area contributed by atoms with Crippen LogP contribution >= 0.6 is 0 Å². The number of ether oxygens (including phenoxy) is 1. The third-order valence-electron chi connectivity index (χ3n) is 3.80. The lowest BCUT2D eigenvalue weighted by atomic mass is 10.1. The Balaban J connectivity index is 2.04. The van der Waals surface area contributed by atoms with Crippen molar-refractivity contribution in [2.24, 2.45) is 10.7 Å². The molecule has 4 N–H and O–H groups in total. The van der Waals surface area contributed by atoms with Crippen LogP contribution in [-0.2, 0) is 22.3 Å². The second-order valence-corrected chi connectivity index (χ2v) is 9.07. The second-order valence-electron chi connectivity index (χ2n) is 7.32. The molecule has 0 radical (unpaired) electrons. The molecule has 0 aromatic heterocycles. The molecule has 0 aliphatic heterocycles. The van der Waals surface area contributed by atoms with Crippen LogP contribution in [-0.4, -0.2) is 26.5 Å². The topological polar surface area (TPSA) is 106 Å². The summed E-state index contributed by atoms with van der Waals surface area (Å²) in [5, 5.41) is 3.03. The van der Waals surface area contributed by atoms with Crippen LogP contribution in [0.1, 0.15) is 38.8 Å². The molecule has 0 amide bonds. The van der Waals surface area contributed by atoms with Crippen molar-refractivity contribution in [1.82, 2.24) is 4.72 Å². The largest absolute Gasteiger partial charge is 0.491 e. The summed E-state index contributed by atoms with van der Waals surface area (Å²) in [7, 11) is -3.41. The zero-order valence-electron chi connectivity index (χ0n) is 17.3. The van der Waals surface area contributed by atoms with Gasteiger partial charge >= 0.3 is 0 Å². The van der Waals surface area contributed by atoms with E-state index in [9.17, 15) is 8.42 Å². The lowest BCUT2D eigenvalue weighted by Crippen LogP contribution is -2.31. The molecular formula is C21H30N4O3S. The summed E-state index contributed by atoms with van der Waals surface area (Å²) in [6.45, 7) is 7.81. The molecule has 2 aromatic rings. The molecule has 0 fully saturated rings. The minimum Gasteiger partial charge on any atom is -0.491 e. The van der Waals surface area contributed by atoms with Crippen LogP contribution in [0.25, 0.3) is 0 Å². The first-order valence-electron chi connectivity index (χ1n) is 9.55. The summed E-state index contributed by atoms with van der Waals surface area (Å²) in [4.78, 5) is 4.35. The summed E-state index contributed by atoms with van der Waals surface area (Å²) in [5.41, 5.74) is 8.30. The minimum atomic E-state index is -3.41. The number of nitrogens with two attached hydrogens (primary N) is 1. The monoisotopic (exact) mass is 418 g/mol. The molecule has 0 spiro atoms. The summed E-state index contributed by atoms with van der Waals surface area (Å²) >= 11 is 0. The Labute approximate surface area is 173 Å². The molecule has 0 saturated heterocycles. The van der Waals surface area contributed by atoms with E-state index < -0.39 is 10.0 Å². The van der Waals surface area contributed by atoms with Crippen LogP contribution in [0.4, 0.5) is 5.69 Å². The number of nitrogens with one attached hydrogen (secondary N) is 2. The average Bonchev–Trinajstić information content (AvgIpc) is 2.61. The average molecular weight is 419 g/mol. The van der Waals surface area contributed by atoms with Gasteiger partial charge in [0.1, 0.15) is 5.75 Å². The van der Waals surface area contributed by atoms with Crippen molar-refractivity contribution in [3.05, 3.63) is 59.7 Å². The van der Waals surface area contributed by atoms with Gasteiger partial charge in [0.05, 0.1) is 18.4 Å². The fourth-order valence-electron chi connectivity index (χ4n) is 2.70. The Kier molecular flexibility index (Phi) is 8.04. The Morgan fingerprint density at radius 3 is 2.24 bits per heavy atom. The lowest BCUT2D eigenvalue weighted by Gasteiger charge is -2.12. The highest BCUT2D eigenvalue weighted by Crippen LogP contribution is 2.17. The zero-order valence-corrected chi connectivity index (χ0v) is 18.2. The first kappa shape index (κ1) is 22.7. The van der Waals surface area contributed by atoms with E-state index in [1.54, 1.807) is 19.9 Å². The Hall–Kier alpha value is -2.58. The van der Waals surface area contributed by atoms with E-state index in [2.05, 4.69) is 15.0 Å². The maximum absolute atomic E-state index is 12.2. The summed E-state index contributed by atoms with van der Waals surface area (Å²) < 4.78 is 32.7. The number of nitrogens with zero attached hydrogens (tertiary/aromatic N) is 1. The standard InChI is InChI=1S/C21H30N4O3S/c1-15(2)25-29(26,27)14-18-8-6-5-7-17(18)13-23-21(22)24-19-9-11-20(12-10-19)28-16(3)4/h5-12,15-16,25H,13-14H2,1-4H3,(H3,22,23,24). The molecule has 0 bridgehead atoms. The third kappa shape index (κ3) is 8.13. The molecule has 0 unspecified atom stereocenters. The Bertz CT molecular complexity index is 923. The van der Waals surface area contributed by atoms with Crippen molar-refractivity contribution in [2.45, 2.75) is 52.1 Å². The molecular weight excluding hydrogens is 388 g/mol. The zero-order chi connectivity index (χ0) is 21.4. The van der Waals surface area contributed by atoms with Crippen LogP contribution in [0.5, 0.6) is 5.75 Å². The lowest BCUT2D eigenvalue weighted by molar-refractivity contribution is 0.242. The van der Waals surface area contributed by atoms with E-state index in [4.69, 9.17) is 10.5 Å². The molecule has 158 valence electrons. The number of sulfonamides is 1. The van der Waals surface area contributed by atoms with Gasteiger partial charge in [0.25, 0.3) is 0 Å². The van der Waals surface area contributed by atoms with Gasteiger partial charge in [-0.2, -0.15) is 0 Å². The molecule has 29 heavy (non-hydrogen) atoms. The van der Waals surface area contributed by atoms with Crippen molar-refractivity contribution in [3.63, 3.8) is 0 Å². The highest BCUT2D eigenvalue weighted by atomic mass is 32.2. The van der Waals surface area contributed by atoms with Gasteiger partial charge in [-0.1, -0.05) is 24.3 Å². The van der Waals surface area contributed by atoms with Crippen molar-refractivity contribution >= 4 is 21.7 Å². The van der Waals surface area contributed by atoms with Crippen LogP contribution < -0.4 is 20.5 Å². The fraction of sp³-hybridized carbons (Fsp3) is 0.381. The number of benzene rings is 2. The van der Waals surface area contributed by atoms with Gasteiger partial charge in [0, 0.05) is 11.7 Å². The van der Waals surface area contributed by atoms with Crippen molar-refractivity contribution in [1.29, 1.82) is 0 Å². The Morgan fingerprint density at radius 2 is 1.66 bits per heavy atom. The number of hydrogen-bond acceptors (Lipinski definition) is 4. The van der Waals surface area contributed by atoms with Gasteiger partial charge in [0.2, 0.25) is 10.0 Å². The van der Waals surface area contributed by atoms with Crippen molar-refractivity contribution in [3.8, 4) is 5.75 Å². The summed E-state index contributed by atoms with van der Waals surface area (Å²) in [6, 6.07) is 14.6. The first-order chi connectivity index (χ1) is 13.6. The van der Waals surface area contributed by atoms with Crippen LogP contribution in [0.3, 0.4) is 0 Å². The predicted molar refractivity (Wildman–Crippen MR) is 118 cm³/mol. The van der Waals surface area contributed by atoms with Crippen LogP contribution in [0.2, 0.25) is 0 Å². The number of anilines is 1. The maximum Gasteiger partial charge on any atom is 0.216 e. The molecule has 0 aliphatic carbocycles. The molecule has 7 nitrogen and oxygen atoms in total. The van der Waals surface area contributed by atoms with E-state index in [0.717, 1.165) is 17.0 Å². The van der Waals surface area contributed by atoms with E-state index in [1.165, 1.54) is 0 Å². The third-order valence-corrected chi connectivity index (χ3v) is 5.32. The number of hydrogen-bond donors (Lipinski definition) is 3. The summed E-state index contributed by atoms with van der Waals surface area (Å²) in [5.74, 6) is 0.938. The van der Waals surface area contributed by atoms with Gasteiger partial charge in [-0.3, -0.25) is 0 Å². The maximum atomic E-state index is 12.2. The fourth-order valence-corrected chi connectivity index (χ4v) is 4.20. The van der Waals surface area contributed by atoms with Gasteiger partial charge in [-0.15, -0.1) is 0 Å². The second kappa shape index (κ2) is 10.3. The SMILES string of the molecule is CC(C)NS(=O)(=O)Cc1ccccc1CN=C(N)Nc1ccc(OC(C)C)cc1. The van der Waals surface area contributed by atoms with Crippen molar-refractivity contribution < 1.29 is 13.2 Å². The van der Waals surface area contributed by atoms with Gasteiger partial charge in [-0.05, 0) is 63.1 Å². The first-order valence-corrected chi connectivity index (χ1v) is 11.2. The highest BCUT2D eigenvalue weighted by molar-refractivity contribution is 7.88. The molecule has 2 rings (SSSR count). The smallest absolute Gasteiger partial charge is 0.216 e. The predicted octanol–water partition coefficient (Wildman–Crippen LogP) is 3.23. The van der Waals surface area contributed by atoms with Gasteiger partial charge in [-0.25, -0.2) is 18.1 Å². The minimum absolute atomic E-state index is 0.0957. The number of rotatable bonds is 9. The van der Waals surface area contributed by atoms with Gasteiger partial charge in [0.15, 0.2) is 5.96 Å². The molecule has 8 heteroatoms. The number of guanidine groups is 1. The Morgan fingerprint density at radius 1 is 1.03 bits per heavy atom. The quantitative estimate of drug-likeness (QED) is 0.428. The molecule has 0 atom stereocenters. The van der Waals surface area contributed by atoms with Crippen LogP contribution in [0.15, 0.2) is 53.5 Å². The highest BCUT2D eigenvalue weighted by Gasteiger charge is 2.15. The normalized spacial score (nSPS) is 12.4. The summed E-state index contributed by atoms with van der Waals surface area (Å²) in [6.07, 6.45) is 0.111. The van der Waals surface area contributed by atoms with E-state index in [0.29, 0.717) is 5.56 Å². The van der Waals surface area contributed by atoms with E-state index in [1.807, 2.05) is 56.3 Å². The van der Waals surface area contributed by atoms with E-state index >= 15 is 0 Å². The molecule has 0 heterocycles. The molecule has 0 saturated carbocycles. The number of aliphatic imine (C=N–C) groups is 1. The molecule has 2 aromatic carbocycles. The van der Waals surface area contributed by atoms with Crippen molar-refractivity contribution in [2.75, 3.05) is 5.32 Å².